The van der Waals surface area contributed by atoms with Crippen LogP contribution >= 0.6 is 11.6 Å². The zero-order valence-corrected chi connectivity index (χ0v) is 20.8. The second-order valence-electron chi connectivity index (χ2n) is 8.00. The second-order valence-corrected chi connectivity index (χ2v) is 10.1. The van der Waals surface area contributed by atoms with Gasteiger partial charge in [0.1, 0.15) is 5.75 Å². The molecule has 3 aromatic rings. The first-order valence-electron chi connectivity index (χ1n) is 10.4. The van der Waals surface area contributed by atoms with E-state index in [2.05, 4.69) is 16.1 Å². The smallest absolute Gasteiger partial charge is 0.265 e. The maximum Gasteiger partial charge on any atom is 0.265 e. The molecule has 0 aliphatic heterocycles. The SMILES string of the molecule is Cc1cc(C)c(C)c(OC(C)C(=O)Nc2ccc(S(=O)(=O)Nc3cccc(Cl)c3C)cc2)c1. The lowest BCUT2D eigenvalue weighted by atomic mass is 10.1. The fraction of sp³-hybridized carbons (Fsp3) is 0.240. The molecule has 1 amide bonds. The first-order chi connectivity index (χ1) is 15.5. The van der Waals surface area contributed by atoms with Gasteiger partial charge in [-0.15, -0.1) is 0 Å². The number of aryl methyl sites for hydroxylation is 2. The summed E-state index contributed by atoms with van der Waals surface area (Å²) in [5, 5.41) is 3.23. The van der Waals surface area contributed by atoms with Crippen molar-refractivity contribution < 1.29 is 17.9 Å². The Morgan fingerprint density at radius 1 is 0.970 bits per heavy atom. The number of benzene rings is 3. The molecular formula is C25H27ClN2O4S. The fourth-order valence-corrected chi connectivity index (χ4v) is 4.55. The van der Waals surface area contributed by atoms with Crippen molar-refractivity contribution in [1.29, 1.82) is 0 Å². The average Bonchev–Trinajstić information content (AvgIpc) is 2.75. The minimum Gasteiger partial charge on any atom is -0.481 e. The van der Waals surface area contributed by atoms with Crippen LogP contribution in [-0.2, 0) is 14.8 Å². The number of anilines is 2. The van der Waals surface area contributed by atoms with Gasteiger partial charge in [-0.05, 0) is 99.3 Å². The van der Waals surface area contributed by atoms with Crippen LogP contribution in [0.15, 0.2) is 59.5 Å². The molecule has 33 heavy (non-hydrogen) atoms. The lowest BCUT2D eigenvalue weighted by Gasteiger charge is -2.18. The van der Waals surface area contributed by atoms with E-state index in [-0.39, 0.29) is 10.8 Å². The molecule has 0 radical (unpaired) electrons. The molecule has 0 heterocycles. The molecule has 0 aliphatic rings. The van der Waals surface area contributed by atoms with Gasteiger partial charge in [0.15, 0.2) is 6.10 Å². The molecule has 0 spiro atoms. The van der Waals surface area contributed by atoms with Crippen molar-refractivity contribution in [3.8, 4) is 5.75 Å². The monoisotopic (exact) mass is 486 g/mol. The second kappa shape index (κ2) is 9.85. The zero-order valence-electron chi connectivity index (χ0n) is 19.2. The highest BCUT2D eigenvalue weighted by Crippen LogP contribution is 2.27. The summed E-state index contributed by atoms with van der Waals surface area (Å²) in [6.07, 6.45) is -0.735. The Kier molecular flexibility index (Phi) is 7.34. The Morgan fingerprint density at radius 3 is 2.30 bits per heavy atom. The van der Waals surface area contributed by atoms with Crippen molar-refractivity contribution in [3.63, 3.8) is 0 Å². The summed E-state index contributed by atoms with van der Waals surface area (Å²) in [5.41, 5.74) is 4.64. The third-order valence-electron chi connectivity index (χ3n) is 5.38. The molecule has 6 nitrogen and oxygen atoms in total. The quantitative estimate of drug-likeness (QED) is 0.443. The molecule has 174 valence electrons. The number of nitrogens with one attached hydrogen (secondary N) is 2. The normalized spacial score (nSPS) is 12.2. The van der Waals surface area contributed by atoms with Gasteiger partial charge < -0.3 is 10.1 Å². The molecule has 1 unspecified atom stereocenters. The van der Waals surface area contributed by atoms with Gasteiger partial charge in [-0.2, -0.15) is 0 Å². The number of rotatable bonds is 7. The molecule has 0 bridgehead atoms. The lowest BCUT2D eigenvalue weighted by Crippen LogP contribution is -2.30. The number of hydrogen-bond donors (Lipinski definition) is 2. The highest BCUT2D eigenvalue weighted by atomic mass is 35.5. The highest BCUT2D eigenvalue weighted by molar-refractivity contribution is 7.92. The molecule has 0 saturated heterocycles. The number of ether oxygens (including phenoxy) is 1. The number of carbonyl (C=O) groups is 1. The van der Waals surface area contributed by atoms with Crippen LogP contribution in [-0.4, -0.2) is 20.4 Å². The van der Waals surface area contributed by atoms with Crippen molar-refractivity contribution in [1.82, 2.24) is 0 Å². The molecule has 2 N–H and O–H groups in total. The Hall–Kier alpha value is -3.03. The largest absolute Gasteiger partial charge is 0.481 e. The third kappa shape index (κ3) is 5.86. The van der Waals surface area contributed by atoms with Crippen LogP contribution in [0, 0.1) is 27.7 Å². The van der Waals surface area contributed by atoms with E-state index in [0.29, 0.717) is 27.7 Å². The van der Waals surface area contributed by atoms with Gasteiger partial charge in [-0.3, -0.25) is 9.52 Å². The predicted molar refractivity (Wildman–Crippen MR) is 133 cm³/mol. The summed E-state index contributed by atoms with van der Waals surface area (Å²) in [5.74, 6) is 0.329. The average molecular weight is 487 g/mol. The topological polar surface area (TPSA) is 84.5 Å². The third-order valence-corrected chi connectivity index (χ3v) is 7.17. The van der Waals surface area contributed by atoms with E-state index in [1.807, 2.05) is 26.8 Å². The van der Waals surface area contributed by atoms with Gasteiger partial charge in [-0.25, -0.2) is 8.42 Å². The molecule has 3 rings (SSSR count). The van der Waals surface area contributed by atoms with Crippen LogP contribution in [0.3, 0.4) is 0 Å². The minimum absolute atomic E-state index is 0.0648. The number of hydrogen-bond acceptors (Lipinski definition) is 4. The van der Waals surface area contributed by atoms with Crippen molar-refractivity contribution in [2.45, 2.75) is 45.6 Å². The fourth-order valence-electron chi connectivity index (χ4n) is 3.25. The number of sulfonamides is 1. The van der Waals surface area contributed by atoms with E-state index in [1.165, 1.54) is 24.3 Å². The molecule has 0 fully saturated rings. The zero-order chi connectivity index (χ0) is 24.3. The Labute approximate surface area is 200 Å². The summed E-state index contributed by atoms with van der Waals surface area (Å²) in [6, 6.07) is 14.9. The van der Waals surface area contributed by atoms with E-state index in [0.717, 1.165) is 16.7 Å². The molecule has 1 atom stereocenters. The van der Waals surface area contributed by atoms with Crippen molar-refractivity contribution in [2.75, 3.05) is 10.0 Å². The van der Waals surface area contributed by atoms with Gasteiger partial charge in [-0.1, -0.05) is 23.7 Å². The van der Waals surface area contributed by atoms with E-state index >= 15 is 0 Å². The molecule has 8 heteroatoms. The molecule has 0 saturated carbocycles. The van der Waals surface area contributed by atoms with E-state index in [4.69, 9.17) is 16.3 Å². The Morgan fingerprint density at radius 2 is 1.64 bits per heavy atom. The van der Waals surface area contributed by atoms with Gasteiger partial charge in [0.2, 0.25) is 0 Å². The van der Waals surface area contributed by atoms with E-state index in [9.17, 15) is 13.2 Å². The summed E-state index contributed by atoms with van der Waals surface area (Å²) in [4.78, 5) is 12.7. The Bertz CT molecular complexity index is 1290. The molecule has 0 aromatic heterocycles. The summed E-state index contributed by atoms with van der Waals surface area (Å²) in [7, 11) is -3.81. The number of amides is 1. The summed E-state index contributed by atoms with van der Waals surface area (Å²) >= 11 is 6.07. The van der Waals surface area contributed by atoms with Crippen LogP contribution in [0.2, 0.25) is 5.02 Å². The molecular weight excluding hydrogens is 460 g/mol. The first kappa shape index (κ1) is 24.6. The van der Waals surface area contributed by atoms with E-state index in [1.54, 1.807) is 32.0 Å². The van der Waals surface area contributed by atoms with Gasteiger partial charge in [0, 0.05) is 10.7 Å². The van der Waals surface area contributed by atoms with Gasteiger partial charge in [0.25, 0.3) is 15.9 Å². The van der Waals surface area contributed by atoms with Crippen LogP contribution < -0.4 is 14.8 Å². The van der Waals surface area contributed by atoms with Crippen LogP contribution in [0.4, 0.5) is 11.4 Å². The molecule has 3 aromatic carbocycles. The predicted octanol–water partition coefficient (Wildman–Crippen LogP) is 5.78. The minimum atomic E-state index is -3.81. The number of halogens is 1. The van der Waals surface area contributed by atoms with Gasteiger partial charge >= 0.3 is 0 Å². The first-order valence-corrected chi connectivity index (χ1v) is 12.3. The standard InChI is InChI=1S/C25H27ClN2O4S/c1-15-13-16(2)17(3)24(14-15)32-19(5)25(29)27-20-9-11-21(12-10-20)33(30,31)28-23-8-6-7-22(26)18(23)4/h6-14,19,28H,1-5H3,(H,27,29). The lowest BCUT2D eigenvalue weighted by molar-refractivity contribution is -0.122. The van der Waals surface area contributed by atoms with E-state index < -0.39 is 16.1 Å². The van der Waals surface area contributed by atoms with Crippen molar-refractivity contribution >= 4 is 38.9 Å². The maximum atomic E-state index is 12.7. The van der Waals surface area contributed by atoms with Crippen LogP contribution in [0.25, 0.3) is 0 Å². The summed E-state index contributed by atoms with van der Waals surface area (Å²) in [6.45, 7) is 9.33. The van der Waals surface area contributed by atoms with Crippen molar-refractivity contribution in [2.24, 2.45) is 0 Å². The Balaban J connectivity index is 1.68. The highest BCUT2D eigenvalue weighted by Gasteiger charge is 2.19. The van der Waals surface area contributed by atoms with Crippen LogP contribution in [0.5, 0.6) is 5.75 Å². The number of carbonyl (C=O) groups excluding carboxylic acids is 1. The van der Waals surface area contributed by atoms with Gasteiger partial charge in [0.05, 0.1) is 10.6 Å². The maximum absolute atomic E-state index is 12.7. The van der Waals surface area contributed by atoms with Crippen molar-refractivity contribution in [3.05, 3.63) is 81.9 Å². The molecule has 0 aliphatic carbocycles. The van der Waals surface area contributed by atoms with Crippen LogP contribution in [0.1, 0.15) is 29.2 Å². The summed E-state index contributed by atoms with van der Waals surface area (Å²) < 4.78 is 33.9.